The summed E-state index contributed by atoms with van der Waals surface area (Å²) in [5.41, 5.74) is 5.13. The Kier molecular flexibility index (Phi) is 9.16. The topological polar surface area (TPSA) is 79.8 Å². The zero-order valence-electron chi connectivity index (χ0n) is 17.2. The van der Waals surface area contributed by atoms with Crippen molar-refractivity contribution in [2.45, 2.75) is 5.75 Å². The third-order valence-corrected chi connectivity index (χ3v) is 5.38. The van der Waals surface area contributed by atoms with Crippen molar-refractivity contribution in [3.8, 4) is 5.75 Å². The normalized spacial score (nSPS) is 10.7. The van der Waals surface area contributed by atoms with Gasteiger partial charge in [-0.25, -0.2) is 5.43 Å². The highest BCUT2D eigenvalue weighted by Gasteiger charge is 2.04. The molecular weight excluding hydrogens is 446 g/mol. The molecule has 164 valence electrons. The molecule has 0 saturated heterocycles. The third kappa shape index (κ3) is 8.45. The smallest absolute Gasteiger partial charge is 0.262 e. The fourth-order valence-corrected chi connectivity index (χ4v) is 3.48. The van der Waals surface area contributed by atoms with Gasteiger partial charge in [0.05, 0.1) is 12.0 Å². The molecule has 0 radical (unpaired) electrons. The first-order valence-electron chi connectivity index (χ1n) is 9.80. The molecule has 0 aliphatic rings. The average Bonchev–Trinajstić information content (AvgIpc) is 2.80. The summed E-state index contributed by atoms with van der Waals surface area (Å²) in [5.74, 6) is 1.17. The van der Waals surface area contributed by atoms with Gasteiger partial charge in [0.1, 0.15) is 5.75 Å². The second kappa shape index (κ2) is 12.5. The minimum atomic E-state index is -0.238. The minimum absolute atomic E-state index is 0.0912. The van der Waals surface area contributed by atoms with Crippen LogP contribution in [0.4, 0.5) is 5.69 Å². The van der Waals surface area contributed by atoms with E-state index in [1.54, 1.807) is 30.5 Å². The Morgan fingerprint density at radius 3 is 2.38 bits per heavy atom. The van der Waals surface area contributed by atoms with Crippen LogP contribution in [-0.4, -0.2) is 30.4 Å². The minimum Gasteiger partial charge on any atom is -0.484 e. The highest BCUT2D eigenvalue weighted by atomic mass is 35.5. The highest BCUT2D eigenvalue weighted by molar-refractivity contribution is 7.99. The second-order valence-electron chi connectivity index (χ2n) is 6.68. The van der Waals surface area contributed by atoms with E-state index in [9.17, 15) is 9.59 Å². The van der Waals surface area contributed by atoms with Gasteiger partial charge in [0.2, 0.25) is 5.91 Å². The van der Waals surface area contributed by atoms with Crippen molar-refractivity contribution in [2.75, 3.05) is 17.7 Å². The van der Waals surface area contributed by atoms with E-state index in [0.717, 1.165) is 22.6 Å². The largest absolute Gasteiger partial charge is 0.484 e. The molecule has 0 aliphatic heterocycles. The van der Waals surface area contributed by atoms with Gasteiger partial charge in [0, 0.05) is 16.5 Å². The lowest BCUT2D eigenvalue weighted by Gasteiger charge is -2.07. The number of hydrazone groups is 1. The van der Waals surface area contributed by atoms with E-state index in [4.69, 9.17) is 16.3 Å². The molecule has 0 heterocycles. The first-order chi connectivity index (χ1) is 15.6. The van der Waals surface area contributed by atoms with Crippen molar-refractivity contribution < 1.29 is 14.3 Å². The maximum absolute atomic E-state index is 11.9. The summed E-state index contributed by atoms with van der Waals surface area (Å²) in [7, 11) is 0. The highest BCUT2D eigenvalue weighted by Crippen LogP contribution is 2.15. The zero-order chi connectivity index (χ0) is 22.6. The van der Waals surface area contributed by atoms with Crippen molar-refractivity contribution in [3.63, 3.8) is 0 Å². The fraction of sp³-hybridized carbons (Fsp3) is 0.125. The summed E-state index contributed by atoms with van der Waals surface area (Å²) in [6.07, 6.45) is 1.55. The Balaban J connectivity index is 1.34. The molecule has 0 atom stereocenters. The number of amides is 2. The maximum atomic E-state index is 11.9. The van der Waals surface area contributed by atoms with E-state index in [2.05, 4.69) is 15.8 Å². The Morgan fingerprint density at radius 2 is 1.66 bits per heavy atom. The molecule has 2 amide bonds. The molecule has 8 heteroatoms. The van der Waals surface area contributed by atoms with E-state index in [0.29, 0.717) is 16.5 Å². The monoisotopic (exact) mass is 467 g/mol. The van der Waals surface area contributed by atoms with E-state index < -0.39 is 0 Å². The summed E-state index contributed by atoms with van der Waals surface area (Å²) in [5, 5.41) is 7.42. The van der Waals surface area contributed by atoms with Crippen LogP contribution in [0, 0.1) is 0 Å². The van der Waals surface area contributed by atoms with Gasteiger partial charge < -0.3 is 10.1 Å². The van der Waals surface area contributed by atoms with Crippen LogP contribution in [0.1, 0.15) is 11.1 Å². The van der Waals surface area contributed by atoms with Crippen molar-refractivity contribution in [2.24, 2.45) is 5.10 Å². The Bertz CT molecular complexity index is 1040. The quantitative estimate of drug-likeness (QED) is 0.333. The summed E-state index contributed by atoms with van der Waals surface area (Å²) in [6, 6.07) is 23.8. The second-order valence-corrected chi connectivity index (χ2v) is 8.11. The lowest BCUT2D eigenvalue weighted by atomic mass is 10.2. The lowest BCUT2D eigenvalue weighted by Crippen LogP contribution is -2.20. The van der Waals surface area contributed by atoms with Crippen molar-refractivity contribution in [3.05, 3.63) is 95.0 Å². The SMILES string of the molecule is O=C(CSCc1ccc(Cl)cc1)N/N=C\c1ccc(OCC(=O)Nc2ccccc2)cc1. The molecule has 0 aromatic heterocycles. The van der Waals surface area contributed by atoms with Crippen molar-refractivity contribution in [1.82, 2.24) is 5.43 Å². The number of thioether (sulfide) groups is 1. The summed E-state index contributed by atoms with van der Waals surface area (Å²) >= 11 is 7.36. The number of nitrogens with one attached hydrogen (secondary N) is 2. The number of carbonyl (C=O) groups excluding carboxylic acids is 2. The first kappa shape index (κ1) is 23.4. The third-order valence-electron chi connectivity index (χ3n) is 4.13. The van der Waals surface area contributed by atoms with Crippen LogP contribution in [0.15, 0.2) is 84.0 Å². The predicted molar refractivity (Wildman–Crippen MR) is 130 cm³/mol. The van der Waals surface area contributed by atoms with E-state index in [-0.39, 0.29) is 18.4 Å². The number of nitrogens with zero attached hydrogens (tertiary/aromatic N) is 1. The van der Waals surface area contributed by atoms with E-state index in [1.807, 2.05) is 54.6 Å². The van der Waals surface area contributed by atoms with E-state index in [1.165, 1.54) is 11.8 Å². The Morgan fingerprint density at radius 1 is 0.938 bits per heavy atom. The maximum Gasteiger partial charge on any atom is 0.262 e. The predicted octanol–water partition coefficient (Wildman–Crippen LogP) is 4.74. The van der Waals surface area contributed by atoms with Crippen molar-refractivity contribution >= 4 is 47.1 Å². The van der Waals surface area contributed by atoms with Gasteiger partial charge in [-0.1, -0.05) is 41.9 Å². The molecule has 0 unspecified atom stereocenters. The van der Waals surface area contributed by atoms with Crippen LogP contribution in [0.5, 0.6) is 5.75 Å². The molecule has 0 saturated carbocycles. The molecule has 3 rings (SSSR count). The molecule has 3 aromatic carbocycles. The van der Waals surface area contributed by atoms with Crippen LogP contribution >= 0.6 is 23.4 Å². The van der Waals surface area contributed by atoms with Crippen LogP contribution in [0.25, 0.3) is 0 Å². The number of anilines is 1. The lowest BCUT2D eigenvalue weighted by molar-refractivity contribution is -0.119. The molecule has 32 heavy (non-hydrogen) atoms. The zero-order valence-corrected chi connectivity index (χ0v) is 18.7. The van der Waals surface area contributed by atoms with E-state index >= 15 is 0 Å². The van der Waals surface area contributed by atoms with Crippen LogP contribution < -0.4 is 15.5 Å². The number of rotatable bonds is 10. The summed E-state index contributed by atoms with van der Waals surface area (Å²) in [4.78, 5) is 23.8. The Hall–Kier alpha value is -3.29. The van der Waals surface area contributed by atoms with Gasteiger partial charge in [-0.05, 0) is 59.7 Å². The number of hydrogen-bond donors (Lipinski definition) is 2. The van der Waals surface area contributed by atoms with Gasteiger partial charge in [-0.3, -0.25) is 9.59 Å². The molecule has 0 bridgehead atoms. The van der Waals surface area contributed by atoms with Gasteiger partial charge in [0.15, 0.2) is 6.61 Å². The average molecular weight is 468 g/mol. The molecule has 2 N–H and O–H groups in total. The summed E-state index contributed by atoms with van der Waals surface area (Å²) < 4.78 is 5.49. The molecule has 0 aliphatic carbocycles. The molecule has 6 nitrogen and oxygen atoms in total. The summed E-state index contributed by atoms with van der Waals surface area (Å²) in [6.45, 7) is -0.0912. The molecule has 3 aromatic rings. The fourth-order valence-electron chi connectivity index (χ4n) is 2.57. The number of ether oxygens (including phenoxy) is 1. The van der Waals surface area contributed by atoms with Gasteiger partial charge in [-0.2, -0.15) is 5.10 Å². The molecular formula is C24H22ClN3O3S. The van der Waals surface area contributed by atoms with Crippen molar-refractivity contribution in [1.29, 1.82) is 0 Å². The Labute approximate surface area is 196 Å². The van der Waals surface area contributed by atoms with Gasteiger partial charge in [-0.15, -0.1) is 11.8 Å². The number of hydrogen-bond acceptors (Lipinski definition) is 5. The standard InChI is InChI=1S/C24H22ClN3O3S/c25-20-10-6-19(7-11-20)16-32-17-24(30)28-26-14-18-8-12-22(13-9-18)31-15-23(29)27-21-4-2-1-3-5-21/h1-14H,15-17H2,(H,27,29)(H,28,30)/b26-14-. The van der Waals surface area contributed by atoms with Crippen LogP contribution in [0.3, 0.4) is 0 Å². The van der Waals surface area contributed by atoms with Crippen LogP contribution in [-0.2, 0) is 15.3 Å². The van der Waals surface area contributed by atoms with Gasteiger partial charge in [0.25, 0.3) is 5.91 Å². The first-order valence-corrected chi connectivity index (χ1v) is 11.3. The number of para-hydroxylation sites is 1. The molecule has 0 fully saturated rings. The number of benzene rings is 3. The number of halogens is 1. The van der Waals surface area contributed by atoms with Crippen LogP contribution in [0.2, 0.25) is 5.02 Å². The number of carbonyl (C=O) groups is 2. The molecule has 0 spiro atoms. The van der Waals surface area contributed by atoms with Gasteiger partial charge >= 0.3 is 0 Å².